The quantitative estimate of drug-likeness (QED) is 0.129. The molecule has 0 aliphatic heterocycles. The van der Waals surface area contributed by atoms with Gasteiger partial charge in [0.15, 0.2) is 0 Å². The van der Waals surface area contributed by atoms with Crippen LogP contribution in [0.5, 0.6) is 0 Å². The Balaban J connectivity index is 5.39. The van der Waals surface area contributed by atoms with E-state index in [1.54, 1.807) is 0 Å². The number of nitrogens with zero attached hydrogens (tertiary/aromatic N) is 1. The van der Waals surface area contributed by atoms with E-state index in [0.717, 1.165) is 51.9 Å². The molecule has 0 aromatic carbocycles. The Bertz CT molecular complexity index is 254. The first kappa shape index (κ1) is 24.6. The normalized spacial score (nSPS) is 19.2. The Kier molecular flexibility index (Phi) is 13.6. The van der Waals surface area contributed by atoms with E-state index in [0.29, 0.717) is 30.7 Å². The third kappa shape index (κ3) is 11.1. The highest BCUT2D eigenvalue weighted by atomic mass is 15.4. The predicted octanol–water partition coefficient (Wildman–Crippen LogP) is -3.49. The van der Waals surface area contributed by atoms with Crippen LogP contribution in [0.3, 0.4) is 0 Å². The highest BCUT2D eigenvalue weighted by molar-refractivity contribution is 4.73. The van der Waals surface area contributed by atoms with Gasteiger partial charge in [0, 0.05) is 0 Å². The molecule has 0 aliphatic rings. The van der Waals surface area contributed by atoms with Gasteiger partial charge in [0.25, 0.3) is 0 Å². The number of hydrogen-bond donors (Lipinski definition) is 8. The summed E-state index contributed by atoms with van der Waals surface area (Å²) in [5, 5.41) is 0. The first-order valence-corrected chi connectivity index (χ1v) is 9.50. The molecule has 0 aromatic heterocycles. The van der Waals surface area contributed by atoms with E-state index in [-0.39, 0.29) is 24.2 Å². The van der Waals surface area contributed by atoms with Crippen molar-refractivity contribution < 1.29 is 4.48 Å². The molecule has 0 radical (unpaired) electrons. The number of nitrogens with two attached hydrogens (primary N) is 8. The van der Waals surface area contributed by atoms with Gasteiger partial charge in [0.2, 0.25) is 0 Å². The third-order valence-corrected chi connectivity index (χ3v) is 4.64. The molecule has 16 N–H and O–H groups in total. The van der Waals surface area contributed by atoms with Gasteiger partial charge in [-0.2, -0.15) is 0 Å². The van der Waals surface area contributed by atoms with Gasteiger partial charge in [0.05, 0.1) is 50.3 Å². The molecule has 0 spiro atoms. The summed E-state index contributed by atoms with van der Waals surface area (Å²) in [6, 6.07) is -0.0917. The van der Waals surface area contributed by atoms with Crippen molar-refractivity contribution in [2.75, 3.05) is 52.4 Å². The summed E-state index contributed by atoms with van der Waals surface area (Å²) in [7, 11) is 0. The van der Waals surface area contributed by atoms with Crippen molar-refractivity contribution in [3.8, 4) is 0 Å². The highest BCUT2D eigenvalue weighted by Crippen LogP contribution is 2.15. The fraction of sp³-hybridized carbons (Fsp3) is 1.00. The summed E-state index contributed by atoms with van der Waals surface area (Å²) in [6.07, 6.45) is 3.02. The Labute approximate surface area is 153 Å². The van der Waals surface area contributed by atoms with E-state index in [1.165, 1.54) is 0 Å². The Morgan fingerprint density at radius 1 is 0.440 bits per heavy atom. The lowest BCUT2D eigenvalue weighted by Gasteiger charge is -2.45. The van der Waals surface area contributed by atoms with Gasteiger partial charge in [-0.3, -0.25) is 0 Å². The summed E-state index contributed by atoms with van der Waals surface area (Å²) in [5.74, 6) is 0. The van der Waals surface area contributed by atoms with Crippen LogP contribution in [0.4, 0.5) is 0 Å². The molecule has 0 saturated heterocycles. The minimum absolute atomic E-state index is 0.0229. The lowest BCUT2D eigenvalue weighted by molar-refractivity contribution is -0.931. The molecule has 0 amide bonds. The van der Waals surface area contributed by atoms with E-state index < -0.39 is 0 Å². The summed E-state index contributed by atoms with van der Waals surface area (Å²) in [5.41, 5.74) is 48.0. The Morgan fingerprint density at radius 2 is 0.640 bits per heavy atom. The van der Waals surface area contributed by atoms with E-state index in [9.17, 15) is 0 Å². The zero-order valence-electron chi connectivity index (χ0n) is 15.9. The molecular weight excluding hydrogens is 318 g/mol. The molecule has 0 saturated carbocycles. The van der Waals surface area contributed by atoms with Crippen molar-refractivity contribution >= 4 is 0 Å². The molecule has 0 aromatic rings. The van der Waals surface area contributed by atoms with Crippen LogP contribution in [-0.2, 0) is 0 Å². The first-order chi connectivity index (χ1) is 11.8. The first-order valence-electron chi connectivity index (χ1n) is 9.50. The monoisotopic (exact) mass is 362 g/mol. The standard InChI is InChI=1S/C16H44N9/c17-5-1-13(21)9-25(10-14(22)2-6-18,11-15(23)3-7-19)12-16(24)4-8-20/h13-16H,1-12,17-24H2/q+1. The molecule has 152 valence electrons. The minimum Gasteiger partial charge on any atom is -0.330 e. The maximum absolute atomic E-state index is 6.33. The van der Waals surface area contributed by atoms with Crippen molar-refractivity contribution in [3.05, 3.63) is 0 Å². The summed E-state index contributed by atoms with van der Waals surface area (Å²) >= 11 is 0. The number of hydrogen-bond acceptors (Lipinski definition) is 8. The summed E-state index contributed by atoms with van der Waals surface area (Å²) in [6.45, 7) is 5.19. The molecule has 0 heterocycles. The molecule has 0 bridgehead atoms. The van der Waals surface area contributed by atoms with Crippen molar-refractivity contribution in [1.82, 2.24) is 0 Å². The topological polar surface area (TPSA) is 208 Å². The SMILES string of the molecule is NCCC(N)C[N+](CC(N)CCN)(CC(N)CCN)CC(N)CCN. The second kappa shape index (κ2) is 13.8. The second-order valence-corrected chi connectivity index (χ2v) is 7.42. The van der Waals surface area contributed by atoms with Crippen LogP contribution in [0.15, 0.2) is 0 Å². The van der Waals surface area contributed by atoms with Crippen LogP contribution in [0, 0.1) is 0 Å². The number of rotatable bonds is 16. The lowest BCUT2D eigenvalue weighted by Crippen LogP contribution is -2.65. The van der Waals surface area contributed by atoms with E-state index in [1.807, 2.05) is 0 Å². The molecule has 4 atom stereocenters. The summed E-state index contributed by atoms with van der Waals surface area (Å²) < 4.78 is 0.671. The van der Waals surface area contributed by atoms with Gasteiger partial charge in [-0.15, -0.1) is 0 Å². The van der Waals surface area contributed by atoms with Crippen molar-refractivity contribution in [2.24, 2.45) is 45.9 Å². The molecule has 0 fully saturated rings. The molecule has 9 nitrogen and oxygen atoms in total. The maximum Gasteiger partial charge on any atom is 0.0942 e. The zero-order valence-corrected chi connectivity index (χ0v) is 15.9. The van der Waals surface area contributed by atoms with Crippen LogP contribution in [0.25, 0.3) is 0 Å². The molecular formula is C16H44N9+. The van der Waals surface area contributed by atoms with Crippen LogP contribution in [0.1, 0.15) is 25.7 Å². The summed E-state index contributed by atoms with van der Waals surface area (Å²) in [4.78, 5) is 0. The fourth-order valence-electron chi connectivity index (χ4n) is 3.66. The van der Waals surface area contributed by atoms with Crippen LogP contribution >= 0.6 is 0 Å². The van der Waals surface area contributed by atoms with E-state index in [4.69, 9.17) is 45.9 Å². The van der Waals surface area contributed by atoms with Gasteiger partial charge < -0.3 is 50.4 Å². The van der Waals surface area contributed by atoms with Gasteiger partial charge in [-0.05, 0) is 51.9 Å². The van der Waals surface area contributed by atoms with Crippen molar-refractivity contribution in [1.29, 1.82) is 0 Å². The van der Waals surface area contributed by atoms with Gasteiger partial charge in [0.1, 0.15) is 0 Å². The lowest BCUT2D eigenvalue weighted by atomic mass is 10.0. The van der Waals surface area contributed by atoms with Crippen LogP contribution < -0.4 is 45.9 Å². The number of quaternary nitrogens is 1. The molecule has 25 heavy (non-hydrogen) atoms. The molecule has 4 unspecified atom stereocenters. The van der Waals surface area contributed by atoms with Gasteiger partial charge >= 0.3 is 0 Å². The van der Waals surface area contributed by atoms with Crippen molar-refractivity contribution in [2.45, 2.75) is 49.9 Å². The van der Waals surface area contributed by atoms with Gasteiger partial charge in [-0.25, -0.2) is 0 Å². The highest BCUT2D eigenvalue weighted by Gasteiger charge is 2.35. The molecule has 9 heteroatoms. The molecule has 0 aliphatic carbocycles. The van der Waals surface area contributed by atoms with Gasteiger partial charge in [-0.1, -0.05) is 0 Å². The molecule has 0 rings (SSSR count). The Hall–Kier alpha value is -0.360. The largest absolute Gasteiger partial charge is 0.330 e. The average molecular weight is 363 g/mol. The van der Waals surface area contributed by atoms with E-state index in [2.05, 4.69) is 0 Å². The van der Waals surface area contributed by atoms with Crippen LogP contribution in [0.2, 0.25) is 0 Å². The van der Waals surface area contributed by atoms with E-state index >= 15 is 0 Å². The van der Waals surface area contributed by atoms with Crippen molar-refractivity contribution in [3.63, 3.8) is 0 Å². The smallest absolute Gasteiger partial charge is 0.0942 e. The maximum atomic E-state index is 6.33. The van der Waals surface area contributed by atoms with Crippen LogP contribution in [-0.4, -0.2) is 81.0 Å². The predicted molar refractivity (Wildman–Crippen MR) is 106 cm³/mol. The average Bonchev–Trinajstić information content (AvgIpc) is 2.47. The minimum atomic E-state index is -0.0229. The third-order valence-electron chi connectivity index (χ3n) is 4.64. The zero-order chi connectivity index (χ0) is 19.3. The Morgan fingerprint density at radius 3 is 0.800 bits per heavy atom. The fourth-order valence-corrected chi connectivity index (χ4v) is 3.66. The second-order valence-electron chi connectivity index (χ2n) is 7.42.